The van der Waals surface area contributed by atoms with E-state index in [1.807, 2.05) is 12.1 Å². The molecule has 2 aromatic carbocycles. The van der Waals surface area contributed by atoms with Crippen LogP contribution in [0.15, 0.2) is 55.1 Å². The molecule has 9 heteroatoms. The minimum Gasteiger partial charge on any atom is -0.394 e. The van der Waals surface area contributed by atoms with E-state index in [2.05, 4.69) is 50.6 Å². The molecule has 2 aromatic heterocycles. The molecule has 0 spiro atoms. The molecule has 33 heavy (non-hydrogen) atoms. The van der Waals surface area contributed by atoms with Gasteiger partial charge in [-0.3, -0.25) is 4.57 Å². The Hall–Kier alpha value is -3.37. The highest BCUT2D eigenvalue weighted by molar-refractivity contribution is 5.88. The summed E-state index contributed by atoms with van der Waals surface area (Å²) in [4.78, 5) is 13.4. The van der Waals surface area contributed by atoms with Crippen LogP contribution < -0.4 is 5.32 Å². The molecular formula is C24H23N5O4. The first-order chi connectivity index (χ1) is 16.2. The molecule has 1 aliphatic carbocycles. The first-order valence-corrected chi connectivity index (χ1v) is 10.8. The molecule has 0 saturated carbocycles. The number of aromatic nitrogens is 4. The summed E-state index contributed by atoms with van der Waals surface area (Å²) in [6, 6.07) is 14.6. The summed E-state index contributed by atoms with van der Waals surface area (Å²) < 4.78 is 13.0. The Balaban J connectivity index is 1.37. The summed E-state index contributed by atoms with van der Waals surface area (Å²) >= 11 is 0. The number of methoxy groups -OCH3 is 1. The quantitative estimate of drug-likeness (QED) is 0.378. The van der Waals surface area contributed by atoms with Crippen molar-refractivity contribution < 1.29 is 19.7 Å². The molecule has 0 bridgehead atoms. The number of rotatable bonds is 5. The third-order valence-corrected chi connectivity index (χ3v) is 6.50. The fourth-order valence-corrected chi connectivity index (χ4v) is 4.88. The van der Waals surface area contributed by atoms with Gasteiger partial charge in [0.2, 0.25) is 0 Å². The summed E-state index contributed by atoms with van der Waals surface area (Å²) in [5.74, 6) is 0.578. The Morgan fingerprint density at radius 1 is 1.12 bits per heavy atom. The third-order valence-electron chi connectivity index (χ3n) is 6.50. The number of anilines is 2. The monoisotopic (exact) mass is 445 g/mol. The number of imidazole rings is 1. The lowest BCUT2D eigenvalue weighted by molar-refractivity contribution is -0.0583. The highest BCUT2D eigenvalue weighted by Gasteiger charge is 2.45. The number of hydrogen-bond acceptors (Lipinski definition) is 8. The average Bonchev–Trinajstić information content (AvgIpc) is 3.52. The molecule has 0 radical (unpaired) electrons. The van der Waals surface area contributed by atoms with Crippen molar-refractivity contribution in [2.24, 2.45) is 0 Å². The largest absolute Gasteiger partial charge is 0.394 e. The third kappa shape index (κ3) is 3.12. The van der Waals surface area contributed by atoms with Crippen LogP contribution in [0, 0.1) is 0 Å². The lowest BCUT2D eigenvalue weighted by Crippen LogP contribution is -2.34. The van der Waals surface area contributed by atoms with Gasteiger partial charge in [0.1, 0.15) is 24.6 Å². The maximum Gasteiger partial charge on any atom is 0.167 e. The summed E-state index contributed by atoms with van der Waals surface area (Å²) in [5, 5.41) is 23.4. The number of benzene rings is 2. The summed E-state index contributed by atoms with van der Waals surface area (Å²) in [6.45, 7) is -0.312. The highest BCUT2D eigenvalue weighted by atomic mass is 16.6. The number of aliphatic hydroxyl groups excluding tert-OH is 2. The van der Waals surface area contributed by atoms with Crippen molar-refractivity contribution in [2.45, 2.75) is 31.0 Å². The molecular weight excluding hydrogens is 422 g/mol. The Labute approximate surface area is 189 Å². The Morgan fingerprint density at radius 3 is 2.82 bits per heavy atom. The van der Waals surface area contributed by atoms with Gasteiger partial charge >= 0.3 is 0 Å². The van der Waals surface area contributed by atoms with Crippen LogP contribution in [0.2, 0.25) is 0 Å². The minimum atomic E-state index is -0.963. The first kappa shape index (κ1) is 20.3. The van der Waals surface area contributed by atoms with Crippen LogP contribution in [0.25, 0.3) is 22.3 Å². The SMILES string of the molecule is COC1C(O)[C@@H](CO)O[C@H]1n1cnc2c(Nc3cccc4c3Cc3ccccc3-4)ncnc21. The van der Waals surface area contributed by atoms with Gasteiger partial charge in [0.25, 0.3) is 0 Å². The Bertz CT molecular complexity index is 1340. The number of ether oxygens (including phenoxy) is 2. The summed E-state index contributed by atoms with van der Waals surface area (Å²) in [7, 11) is 1.50. The number of fused-ring (bicyclic) bond motifs is 4. The van der Waals surface area contributed by atoms with E-state index in [0.29, 0.717) is 17.0 Å². The predicted molar refractivity (Wildman–Crippen MR) is 121 cm³/mol. The lowest BCUT2D eigenvalue weighted by Gasteiger charge is -2.20. The Kier molecular flexibility index (Phi) is 4.84. The fraction of sp³-hybridized carbons (Fsp3) is 0.292. The van der Waals surface area contributed by atoms with Gasteiger partial charge in [0, 0.05) is 19.2 Å². The van der Waals surface area contributed by atoms with E-state index in [9.17, 15) is 10.2 Å². The van der Waals surface area contributed by atoms with Crippen molar-refractivity contribution in [2.75, 3.05) is 19.0 Å². The van der Waals surface area contributed by atoms with Gasteiger partial charge in [0.15, 0.2) is 23.2 Å². The number of nitrogens with zero attached hydrogens (tertiary/aromatic N) is 4. The first-order valence-electron chi connectivity index (χ1n) is 10.8. The van der Waals surface area contributed by atoms with Crippen molar-refractivity contribution in [1.82, 2.24) is 19.5 Å². The van der Waals surface area contributed by atoms with Crippen LogP contribution in [-0.4, -0.2) is 61.8 Å². The average molecular weight is 445 g/mol. The molecule has 1 saturated heterocycles. The van der Waals surface area contributed by atoms with Crippen LogP contribution in [0.5, 0.6) is 0 Å². The van der Waals surface area contributed by atoms with Crippen molar-refractivity contribution in [3.8, 4) is 11.1 Å². The predicted octanol–water partition coefficient (Wildman–Crippen LogP) is 2.41. The minimum absolute atomic E-state index is 0.312. The number of nitrogens with one attached hydrogen (secondary N) is 1. The number of hydrogen-bond donors (Lipinski definition) is 3. The zero-order chi connectivity index (χ0) is 22.5. The smallest absolute Gasteiger partial charge is 0.167 e. The van der Waals surface area contributed by atoms with Crippen LogP contribution >= 0.6 is 0 Å². The van der Waals surface area contributed by atoms with Crippen molar-refractivity contribution >= 4 is 22.7 Å². The maximum absolute atomic E-state index is 10.4. The topological polar surface area (TPSA) is 115 Å². The van der Waals surface area contributed by atoms with E-state index >= 15 is 0 Å². The molecule has 1 fully saturated rings. The van der Waals surface area contributed by atoms with Gasteiger partial charge < -0.3 is 25.0 Å². The zero-order valence-corrected chi connectivity index (χ0v) is 17.9. The maximum atomic E-state index is 10.4. The number of aliphatic hydroxyl groups is 2. The van der Waals surface area contributed by atoms with E-state index < -0.39 is 24.5 Å². The van der Waals surface area contributed by atoms with Crippen LogP contribution in [0.1, 0.15) is 17.4 Å². The van der Waals surface area contributed by atoms with Gasteiger partial charge in [-0.25, -0.2) is 15.0 Å². The molecule has 2 unspecified atom stereocenters. The van der Waals surface area contributed by atoms with E-state index in [0.717, 1.165) is 12.1 Å². The lowest BCUT2D eigenvalue weighted by atomic mass is 10.1. The van der Waals surface area contributed by atoms with E-state index in [1.165, 1.54) is 35.7 Å². The molecule has 9 nitrogen and oxygen atoms in total. The van der Waals surface area contributed by atoms with Crippen molar-refractivity contribution in [3.63, 3.8) is 0 Å². The second-order valence-corrected chi connectivity index (χ2v) is 8.28. The molecule has 2 aliphatic rings. The van der Waals surface area contributed by atoms with Gasteiger partial charge in [-0.15, -0.1) is 0 Å². The molecule has 0 amide bonds. The molecule has 168 valence electrons. The normalized spacial score (nSPS) is 23.6. The van der Waals surface area contributed by atoms with Gasteiger partial charge in [0.05, 0.1) is 12.9 Å². The second kappa shape index (κ2) is 7.89. The second-order valence-electron chi connectivity index (χ2n) is 8.28. The van der Waals surface area contributed by atoms with E-state index in [1.54, 1.807) is 10.9 Å². The summed E-state index contributed by atoms with van der Waals surface area (Å²) in [6.07, 6.45) is 0.868. The highest BCUT2D eigenvalue weighted by Crippen LogP contribution is 2.41. The molecule has 4 aromatic rings. The van der Waals surface area contributed by atoms with Crippen LogP contribution in [-0.2, 0) is 15.9 Å². The standard InChI is InChI=1S/C24H23N5O4/c1-32-21-20(31)18(10-30)33-24(21)29-12-27-19-22(25-11-26-23(19)29)28-17-8-4-7-15-14-6-3-2-5-13(14)9-16(15)17/h2-8,11-12,18,20-21,24,30-31H,9-10H2,1H3,(H,25,26,28)/t18-,20?,21?,24-/m1/s1. The van der Waals surface area contributed by atoms with E-state index in [-0.39, 0.29) is 6.61 Å². The zero-order valence-electron chi connectivity index (χ0n) is 17.9. The van der Waals surface area contributed by atoms with E-state index in [4.69, 9.17) is 9.47 Å². The molecule has 3 heterocycles. The molecule has 4 atom stereocenters. The van der Waals surface area contributed by atoms with Gasteiger partial charge in [-0.05, 0) is 28.3 Å². The Morgan fingerprint density at radius 2 is 1.97 bits per heavy atom. The van der Waals surface area contributed by atoms with Gasteiger partial charge in [-0.2, -0.15) is 0 Å². The van der Waals surface area contributed by atoms with Crippen molar-refractivity contribution in [3.05, 3.63) is 66.2 Å². The summed E-state index contributed by atoms with van der Waals surface area (Å²) in [5.41, 5.74) is 7.09. The fourth-order valence-electron chi connectivity index (χ4n) is 4.88. The van der Waals surface area contributed by atoms with Gasteiger partial charge in [-0.1, -0.05) is 36.4 Å². The molecule has 6 rings (SSSR count). The van der Waals surface area contributed by atoms with Crippen molar-refractivity contribution in [1.29, 1.82) is 0 Å². The van der Waals surface area contributed by atoms with Crippen LogP contribution in [0.4, 0.5) is 11.5 Å². The molecule has 1 aliphatic heterocycles. The molecule has 3 N–H and O–H groups in total. The van der Waals surface area contributed by atoms with Crippen LogP contribution in [0.3, 0.4) is 0 Å².